The molecule has 2 amide bonds. The van der Waals surface area contributed by atoms with E-state index in [4.69, 9.17) is 0 Å². The van der Waals surface area contributed by atoms with Crippen molar-refractivity contribution in [2.24, 2.45) is 0 Å². The molecule has 0 fully saturated rings. The molecule has 1 aromatic carbocycles. The van der Waals surface area contributed by atoms with Crippen LogP contribution in [0.3, 0.4) is 0 Å². The first-order chi connectivity index (χ1) is 14.4. The van der Waals surface area contributed by atoms with Gasteiger partial charge in [0.05, 0.1) is 20.5 Å². The third kappa shape index (κ3) is 3.08. The molecule has 1 aliphatic rings. The lowest BCUT2D eigenvalue weighted by molar-refractivity contribution is -0.114. The number of anilines is 2. The Morgan fingerprint density at radius 2 is 2.00 bits per heavy atom. The maximum atomic E-state index is 12.9. The van der Waals surface area contributed by atoms with Crippen molar-refractivity contribution in [1.82, 2.24) is 14.5 Å². The van der Waals surface area contributed by atoms with Gasteiger partial charge in [0.1, 0.15) is 10.7 Å². The van der Waals surface area contributed by atoms with Crippen LogP contribution in [-0.4, -0.2) is 26.3 Å². The lowest BCUT2D eigenvalue weighted by atomic mass is 10.2. The molecule has 4 heterocycles. The average Bonchev–Trinajstić information content (AvgIpc) is 3.38. The molecule has 0 unspecified atom stereocenters. The van der Waals surface area contributed by atoms with Gasteiger partial charge in [-0.25, -0.2) is 9.97 Å². The van der Waals surface area contributed by atoms with Crippen LogP contribution in [0, 0.1) is 6.92 Å². The largest absolute Gasteiger partial charge is 0.326 e. The normalized spacial score (nSPS) is 13.0. The van der Waals surface area contributed by atoms with Crippen molar-refractivity contribution < 1.29 is 9.59 Å². The molecule has 0 atom stereocenters. The van der Waals surface area contributed by atoms with Crippen LogP contribution in [0.4, 0.5) is 10.8 Å². The summed E-state index contributed by atoms with van der Waals surface area (Å²) in [6.07, 6.45) is 1.71. The molecular weight excluding hydrogens is 422 g/mol. The van der Waals surface area contributed by atoms with Gasteiger partial charge < -0.3 is 5.32 Å². The third-order valence-corrected chi connectivity index (χ3v) is 7.17. The van der Waals surface area contributed by atoms with Crippen LogP contribution >= 0.6 is 22.7 Å². The van der Waals surface area contributed by atoms with Crippen LogP contribution in [0.2, 0.25) is 0 Å². The van der Waals surface area contributed by atoms with Gasteiger partial charge in [-0.3, -0.25) is 24.3 Å². The summed E-state index contributed by atoms with van der Waals surface area (Å²) in [5, 5.41) is 6.56. The summed E-state index contributed by atoms with van der Waals surface area (Å²) >= 11 is 2.56. The zero-order valence-electron chi connectivity index (χ0n) is 16.2. The highest BCUT2D eigenvalue weighted by molar-refractivity contribution is 7.23. The van der Waals surface area contributed by atoms with E-state index in [0.717, 1.165) is 28.9 Å². The summed E-state index contributed by atoms with van der Waals surface area (Å²) in [6, 6.07) is 5.38. The fourth-order valence-corrected chi connectivity index (χ4v) is 5.69. The van der Waals surface area contributed by atoms with E-state index in [-0.39, 0.29) is 17.4 Å². The van der Waals surface area contributed by atoms with Crippen molar-refractivity contribution in [2.75, 3.05) is 10.6 Å². The molecule has 0 spiro atoms. The first-order valence-electron chi connectivity index (χ1n) is 9.43. The Balaban J connectivity index is 1.47. The molecule has 0 saturated heterocycles. The molecule has 30 heavy (non-hydrogen) atoms. The zero-order valence-corrected chi connectivity index (χ0v) is 17.9. The van der Waals surface area contributed by atoms with E-state index in [0.29, 0.717) is 38.0 Å². The first kappa shape index (κ1) is 18.9. The number of rotatable bonds is 3. The highest BCUT2D eigenvalue weighted by Crippen LogP contribution is 2.32. The summed E-state index contributed by atoms with van der Waals surface area (Å²) in [5.41, 5.74) is 2.00. The number of nitrogens with one attached hydrogen (secondary N) is 2. The van der Waals surface area contributed by atoms with Gasteiger partial charge in [-0.2, -0.15) is 0 Å². The molecule has 5 rings (SSSR count). The summed E-state index contributed by atoms with van der Waals surface area (Å²) in [6.45, 7) is 3.92. The number of carbonyl (C=O) groups excluding carboxylic acids is 2. The smallest absolute Gasteiger partial charge is 0.267 e. The van der Waals surface area contributed by atoms with E-state index < -0.39 is 0 Å². The quantitative estimate of drug-likeness (QED) is 0.508. The first-order valence-corrected chi connectivity index (χ1v) is 11.1. The Hall–Kier alpha value is -3.11. The second kappa shape index (κ2) is 6.99. The predicted octanol–water partition coefficient (Wildman–Crippen LogP) is 3.53. The second-order valence-corrected chi connectivity index (χ2v) is 9.19. The fraction of sp³-hybridized carbons (Fsp3) is 0.250. The van der Waals surface area contributed by atoms with Crippen LogP contribution < -0.4 is 16.2 Å². The number of aryl methyl sites for hydroxylation is 2. The van der Waals surface area contributed by atoms with Crippen molar-refractivity contribution in [3.63, 3.8) is 0 Å². The maximum absolute atomic E-state index is 12.9. The maximum Gasteiger partial charge on any atom is 0.267 e. The van der Waals surface area contributed by atoms with Crippen LogP contribution in [0.1, 0.15) is 34.4 Å². The fourth-order valence-electron chi connectivity index (χ4n) is 3.70. The minimum atomic E-state index is -0.304. The minimum absolute atomic E-state index is 0.0641. The monoisotopic (exact) mass is 439 g/mol. The Kier molecular flexibility index (Phi) is 4.40. The van der Waals surface area contributed by atoms with Crippen molar-refractivity contribution in [3.05, 3.63) is 44.8 Å². The molecule has 3 aromatic heterocycles. The van der Waals surface area contributed by atoms with Crippen molar-refractivity contribution >= 4 is 65.7 Å². The Morgan fingerprint density at radius 1 is 1.17 bits per heavy atom. The molecule has 0 radical (unpaired) electrons. The van der Waals surface area contributed by atoms with Gasteiger partial charge in [-0.15, -0.1) is 11.3 Å². The predicted molar refractivity (Wildman–Crippen MR) is 119 cm³/mol. The van der Waals surface area contributed by atoms with Gasteiger partial charge in [0.25, 0.3) is 11.5 Å². The van der Waals surface area contributed by atoms with Crippen molar-refractivity contribution in [2.45, 2.75) is 33.2 Å². The lowest BCUT2D eigenvalue weighted by Gasteiger charge is -2.02. The molecule has 0 saturated carbocycles. The molecule has 4 aromatic rings. The summed E-state index contributed by atoms with van der Waals surface area (Å²) in [7, 11) is 0. The van der Waals surface area contributed by atoms with E-state index in [2.05, 4.69) is 20.6 Å². The minimum Gasteiger partial charge on any atom is -0.326 e. The SMILES string of the molecule is CC(=O)Nc1ccc2nc(NC(=O)c3sc4nc5n(c(=O)c4c3C)CCC5)sc2c1. The van der Waals surface area contributed by atoms with Crippen molar-refractivity contribution in [1.29, 1.82) is 0 Å². The van der Waals surface area contributed by atoms with E-state index in [9.17, 15) is 14.4 Å². The van der Waals surface area contributed by atoms with Crippen LogP contribution in [0.25, 0.3) is 20.4 Å². The second-order valence-electron chi connectivity index (χ2n) is 7.16. The molecule has 1 aliphatic heterocycles. The molecule has 152 valence electrons. The van der Waals surface area contributed by atoms with E-state index in [1.807, 2.05) is 6.07 Å². The van der Waals surface area contributed by atoms with E-state index >= 15 is 0 Å². The molecule has 2 N–H and O–H groups in total. The number of thiophene rings is 1. The van der Waals surface area contributed by atoms with Crippen molar-refractivity contribution in [3.8, 4) is 0 Å². The Morgan fingerprint density at radius 3 is 2.80 bits per heavy atom. The highest BCUT2D eigenvalue weighted by Gasteiger charge is 2.23. The summed E-state index contributed by atoms with van der Waals surface area (Å²) in [4.78, 5) is 47.1. The lowest BCUT2D eigenvalue weighted by Crippen LogP contribution is -2.20. The Bertz CT molecular complexity index is 1420. The van der Waals surface area contributed by atoms with Gasteiger partial charge in [0, 0.05) is 25.6 Å². The number of thiazole rings is 1. The molecule has 10 heteroatoms. The number of hydrogen-bond acceptors (Lipinski definition) is 7. The molecular formula is C20H17N5O3S2. The van der Waals surface area contributed by atoms with Gasteiger partial charge in [0.15, 0.2) is 5.13 Å². The van der Waals surface area contributed by atoms with E-state index in [1.54, 1.807) is 23.6 Å². The zero-order chi connectivity index (χ0) is 21.0. The third-order valence-electron chi connectivity index (χ3n) is 5.05. The van der Waals surface area contributed by atoms with Crippen LogP contribution in [0.15, 0.2) is 23.0 Å². The van der Waals surface area contributed by atoms with Gasteiger partial charge in [-0.05, 0) is 37.1 Å². The Labute approximate surface area is 178 Å². The number of aromatic nitrogens is 3. The highest BCUT2D eigenvalue weighted by atomic mass is 32.1. The summed E-state index contributed by atoms with van der Waals surface area (Å²) in [5.74, 6) is 0.339. The standard InChI is InChI=1S/C20H17N5O3S2/c1-9-15-18(23-14-4-3-7-25(14)19(15)28)30-16(9)17(27)24-20-22-12-6-5-11(21-10(2)26)8-13(12)29-20/h5-6,8H,3-4,7H2,1-2H3,(H,21,26)(H,22,24,27). The number of amides is 2. The molecule has 8 nitrogen and oxygen atoms in total. The van der Waals surface area contributed by atoms with Gasteiger partial charge >= 0.3 is 0 Å². The number of hydrogen-bond donors (Lipinski definition) is 2. The topological polar surface area (TPSA) is 106 Å². The number of benzene rings is 1. The molecule has 0 bridgehead atoms. The summed E-state index contributed by atoms with van der Waals surface area (Å²) < 4.78 is 2.56. The average molecular weight is 440 g/mol. The number of carbonyl (C=O) groups is 2. The van der Waals surface area contributed by atoms with Gasteiger partial charge in [-0.1, -0.05) is 11.3 Å². The van der Waals surface area contributed by atoms with Crippen LogP contribution in [0.5, 0.6) is 0 Å². The molecule has 0 aliphatic carbocycles. The van der Waals surface area contributed by atoms with E-state index in [1.165, 1.54) is 29.6 Å². The number of fused-ring (bicyclic) bond motifs is 3. The van der Waals surface area contributed by atoms with Gasteiger partial charge in [0.2, 0.25) is 5.91 Å². The van der Waals surface area contributed by atoms with Crippen LogP contribution in [-0.2, 0) is 17.8 Å². The number of nitrogens with zero attached hydrogens (tertiary/aromatic N) is 3.